The second-order valence-electron chi connectivity index (χ2n) is 7.75. The van der Waals surface area contributed by atoms with Crippen LogP contribution < -0.4 is 14.9 Å². The molecule has 37 heavy (non-hydrogen) atoms. The number of amides is 1. The maximum absolute atomic E-state index is 12.1. The van der Waals surface area contributed by atoms with Crippen molar-refractivity contribution >= 4 is 73.2 Å². The predicted octanol–water partition coefficient (Wildman–Crippen LogP) is 6.71. The highest BCUT2D eigenvalue weighted by atomic mass is 79.9. The molecule has 192 valence electrons. The van der Waals surface area contributed by atoms with E-state index in [1.165, 1.54) is 35.4 Å². The number of rotatable bonds is 10. The molecule has 1 aliphatic heterocycles. The zero-order valence-electron chi connectivity index (χ0n) is 19.3. The van der Waals surface area contributed by atoms with Crippen LogP contribution in [0.5, 0.6) is 11.5 Å². The second kappa shape index (κ2) is 13.3. The average molecular weight is 667 g/mol. The van der Waals surface area contributed by atoms with Crippen LogP contribution in [0.25, 0.3) is 0 Å². The Bertz CT molecular complexity index is 1260. The van der Waals surface area contributed by atoms with Gasteiger partial charge in [-0.15, -0.1) is 23.5 Å². The summed E-state index contributed by atoms with van der Waals surface area (Å²) in [6.07, 6.45) is 1.51. The molecule has 0 atom stereocenters. The largest absolute Gasteiger partial charge is 0.487 e. The van der Waals surface area contributed by atoms with E-state index in [9.17, 15) is 14.9 Å². The minimum Gasteiger partial charge on any atom is -0.487 e. The Balaban J connectivity index is 1.25. The van der Waals surface area contributed by atoms with E-state index >= 15 is 0 Å². The lowest BCUT2D eigenvalue weighted by Gasteiger charge is -2.11. The molecule has 1 heterocycles. The number of carbonyl (C=O) groups is 1. The molecule has 0 radical (unpaired) electrons. The maximum Gasteiger partial charge on any atom is 0.277 e. The number of ether oxygens (including phenoxy) is 2. The van der Waals surface area contributed by atoms with Gasteiger partial charge in [0.15, 0.2) is 6.61 Å². The van der Waals surface area contributed by atoms with Gasteiger partial charge in [-0.05, 0) is 84.9 Å². The monoisotopic (exact) mass is 665 g/mol. The third-order valence-corrected chi connectivity index (χ3v) is 9.38. The molecule has 1 fully saturated rings. The summed E-state index contributed by atoms with van der Waals surface area (Å²) in [6.45, 7) is 0.0896. The van der Waals surface area contributed by atoms with Gasteiger partial charge in [0.05, 0.1) is 24.7 Å². The molecule has 3 aromatic carbocycles. The predicted molar refractivity (Wildman–Crippen MR) is 155 cm³/mol. The van der Waals surface area contributed by atoms with Crippen LogP contribution in [0.3, 0.4) is 0 Å². The van der Waals surface area contributed by atoms with Gasteiger partial charge < -0.3 is 9.47 Å². The molecule has 0 spiro atoms. The number of non-ortho nitro benzene ring substituents is 1. The maximum atomic E-state index is 12.1. The van der Waals surface area contributed by atoms with E-state index in [0.717, 1.165) is 11.1 Å². The number of nitrogens with zero attached hydrogens (tertiary/aromatic N) is 2. The van der Waals surface area contributed by atoms with Crippen LogP contribution in [0, 0.1) is 10.1 Å². The molecule has 12 heteroatoms. The van der Waals surface area contributed by atoms with Crippen molar-refractivity contribution in [3.8, 4) is 11.5 Å². The number of nitro groups is 1. The Morgan fingerprint density at radius 2 is 1.70 bits per heavy atom. The van der Waals surface area contributed by atoms with E-state index in [1.54, 1.807) is 24.3 Å². The number of nitro benzene ring substituents is 1. The minimum absolute atomic E-state index is 0.0279. The highest BCUT2D eigenvalue weighted by Gasteiger charge is 2.18. The van der Waals surface area contributed by atoms with Gasteiger partial charge in [-0.25, -0.2) is 5.43 Å². The van der Waals surface area contributed by atoms with Gasteiger partial charge in [-0.1, -0.05) is 12.1 Å². The third-order valence-electron chi connectivity index (χ3n) is 5.10. The van der Waals surface area contributed by atoms with Gasteiger partial charge in [0, 0.05) is 23.6 Å². The number of hydrazone groups is 1. The SMILES string of the molecule is O=C(COc1ccc(C2SCCS2)cc1)N/N=C\c1cc(Br)c(OCc2ccc([N+](=O)[O-])cc2)c(Br)c1. The van der Waals surface area contributed by atoms with Crippen LogP contribution >= 0.6 is 55.4 Å². The number of thioether (sulfide) groups is 2. The van der Waals surface area contributed by atoms with Crippen molar-refractivity contribution < 1.29 is 19.2 Å². The molecule has 3 aromatic rings. The fraction of sp³-hybridized carbons (Fsp3) is 0.200. The molecule has 1 N–H and O–H groups in total. The van der Waals surface area contributed by atoms with E-state index in [-0.39, 0.29) is 24.8 Å². The van der Waals surface area contributed by atoms with Gasteiger partial charge in [0.1, 0.15) is 18.1 Å². The Labute approximate surface area is 239 Å². The average Bonchev–Trinajstić information content (AvgIpc) is 3.43. The van der Waals surface area contributed by atoms with Gasteiger partial charge in [-0.2, -0.15) is 5.10 Å². The molecule has 0 aromatic heterocycles. The second-order valence-corrected chi connectivity index (χ2v) is 12.2. The summed E-state index contributed by atoms with van der Waals surface area (Å²) in [7, 11) is 0. The highest BCUT2D eigenvalue weighted by Crippen LogP contribution is 2.45. The van der Waals surface area contributed by atoms with Gasteiger partial charge in [-0.3, -0.25) is 14.9 Å². The van der Waals surface area contributed by atoms with E-state index in [4.69, 9.17) is 9.47 Å². The standard InChI is InChI=1S/C25H21Br2N3O5S2/c26-21-11-17(12-22(27)24(21)35-14-16-1-5-19(6-2-16)30(32)33)13-28-29-23(31)15-34-20-7-3-18(4-8-20)25-36-9-10-37-25/h1-8,11-13,25H,9-10,14-15H2,(H,29,31)/b28-13-. The quantitative estimate of drug-likeness (QED) is 0.146. The smallest absolute Gasteiger partial charge is 0.277 e. The van der Waals surface area contributed by atoms with Gasteiger partial charge in [0.25, 0.3) is 11.6 Å². The van der Waals surface area contributed by atoms with Crippen LogP contribution in [0.2, 0.25) is 0 Å². The first kappa shape index (κ1) is 27.5. The summed E-state index contributed by atoms with van der Waals surface area (Å²) >= 11 is 10.9. The first-order valence-electron chi connectivity index (χ1n) is 11.0. The molecule has 0 unspecified atom stereocenters. The molecule has 8 nitrogen and oxygen atoms in total. The Morgan fingerprint density at radius 3 is 2.32 bits per heavy atom. The fourth-order valence-corrected chi connectivity index (χ4v) is 7.60. The molecule has 1 saturated heterocycles. The number of benzene rings is 3. The Hall–Kier alpha value is -2.54. The summed E-state index contributed by atoms with van der Waals surface area (Å²) < 4.78 is 13.3. The summed E-state index contributed by atoms with van der Waals surface area (Å²) in [5.74, 6) is 3.18. The molecule has 1 amide bonds. The van der Waals surface area contributed by atoms with Crippen molar-refractivity contribution in [2.75, 3.05) is 18.1 Å². The third kappa shape index (κ3) is 7.97. The number of carbonyl (C=O) groups excluding carboxylic acids is 1. The molecular weight excluding hydrogens is 646 g/mol. The number of nitrogens with one attached hydrogen (secondary N) is 1. The molecule has 0 saturated carbocycles. The first-order chi connectivity index (χ1) is 17.9. The summed E-state index contributed by atoms with van der Waals surface area (Å²) in [6, 6.07) is 17.6. The van der Waals surface area contributed by atoms with E-state index in [0.29, 0.717) is 25.0 Å². The number of hydrogen-bond donors (Lipinski definition) is 1. The fourth-order valence-electron chi connectivity index (χ4n) is 3.29. The summed E-state index contributed by atoms with van der Waals surface area (Å²) in [5, 5.41) is 14.8. The number of hydrogen-bond acceptors (Lipinski definition) is 8. The lowest BCUT2D eigenvalue weighted by Crippen LogP contribution is -2.24. The summed E-state index contributed by atoms with van der Waals surface area (Å²) in [4.78, 5) is 22.5. The van der Waals surface area contributed by atoms with E-state index in [1.807, 2.05) is 47.8 Å². The van der Waals surface area contributed by atoms with Crippen molar-refractivity contribution in [2.24, 2.45) is 5.10 Å². The van der Waals surface area contributed by atoms with Gasteiger partial charge in [0.2, 0.25) is 0 Å². The van der Waals surface area contributed by atoms with E-state index in [2.05, 4.69) is 42.4 Å². The molecular formula is C25H21Br2N3O5S2. The summed E-state index contributed by atoms with van der Waals surface area (Å²) in [5.41, 5.74) is 5.26. The normalized spacial score (nSPS) is 13.6. The van der Waals surface area contributed by atoms with Gasteiger partial charge >= 0.3 is 0 Å². The lowest BCUT2D eigenvalue weighted by molar-refractivity contribution is -0.384. The van der Waals surface area contributed by atoms with Crippen molar-refractivity contribution in [3.63, 3.8) is 0 Å². The Kier molecular flexibility index (Phi) is 9.89. The highest BCUT2D eigenvalue weighted by molar-refractivity contribution is 9.11. The molecule has 4 rings (SSSR count). The molecule has 0 aliphatic carbocycles. The number of halogens is 2. The lowest BCUT2D eigenvalue weighted by atomic mass is 10.2. The van der Waals surface area contributed by atoms with Crippen LogP contribution in [0.1, 0.15) is 21.3 Å². The zero-order valence-corrected chi connectivity index (χ0v) is 24.1. The van der Waals surface area contributed by atoms with Crippen molar-refractivity contribution in [1.82, 2.24) is 5.43 Å². The van der Waals surface area contributed by atoms with Crippen LogP contribution in [0.15, 0.2) is 74.7 Å². The van der Waals surface area contributed by atoms with Crippen LogP contribution in [-0.2, 0) is 11.4 Å². The molecule has 0 bridgehead atoms. The molecule has 1 aliphatic rings. The first-order valence-corrected chi connectivity index (χ1v) is 14.7. The van der Waals surface area contributed by atoms with Crippen molar-refractivity contribution in [1.29, 1.82) is 0 Å². The topological polar surface area (TPSA) is 103 Å². The van der Waals surface area contributed by atoms with Crippen molar-refractivity contribution in [3.05, 3.63) is 96.4 Å². The van der Waals surface area contributed by atoms with Crippen molar-refractivity contribution in [2.45, 2.75) is 11.2 Å². The van der Waals surface area contributed by atoms with Crippen LogP contribution in [-0.4, -0.2) is 35.2 Å². The zero-order chi connectivity index (χ0) is 26.2. The van der Waals surface area contributed by atoms with Crippen LogP contribution in [0.4, 0.5) is 5.69 Å². The van der Waals surface area contributed by atoms with E-state index < -0.39 is 4.92 Å². The minimum atomic E-state index is -0.443. The Morgan fingerprint density at radius 1 is 1.05 bits per heavy atom.